The van der Waals surface area contributed by atoms with Gasteiger partial charge >= 0.3 is 0 Å². The largest absolute Gasteiger partial charge is 0.456 e. The van der Waals surface area contributed by atoms with Crippen LogP contribution in [-0.4, -0.2) is 11.5 Å². The summed E-state index contributed by atoms with van der Waals surface area (Å²) in [6, 6.07) is 60.6. The van der Waals surface area contributed by atoms with Crippen LogP contribution in [0, 0.1) is 0 Å². The molecule has 7 aromatic carbocycles. The SMILES string of the molecule is C=C(N=C(N=C(C)c1ccc(-c2ccccc2)cc1)c1ccc(-c2ccccc2)cc1)c1cccc(-c2ccc3c(c2)oc2ccccc23)c1. The minimum absolute atomic E-state index is 0.605. The van der Waals surface area contributed by atoms with Crippen LogP contribution in [-0.2, 0) is 0 Å². The van der Waals surface area contributed by atoms with Crippen molar-refractivity contribution in [3.63, 3.8) is 0 Å². The molecule has 0 saturated heterocycles. The Morgan fingerprint density at radius 2 is 0.940 bits per heavy atom. The van der Waals surface area contributed by atoms with Gasteiger partial charge < -0.3 is 4.42 Å². The monoisotopic (exact) mass is 642 g/mol. The molecule has 0 spiro atoms. The van der Waals surface area contributed by atoms with Crippen molar-refractivity contribution in [1.82, 2.24) is 0 Å². The third-order valence-electron chi connectivity index (χ3n) is 9.08. The smallest absolute Gasteiger partial charge is 0.160 e. The van der Waals surface area contributed by atoms with Crippen molar-refractivity contribution >= 4 is 39.2 Å². The molecule has 8 aromatic rings. The van der Waals surface area contributed by atoms with E-state index in [4.69, 9.17) is 14.4 Å². The van der Waals surface area contributed by atoms with Gasteiger partial charge in [0.1, 0.15) is 11.2 Å². The molecule has 0 bridgehead atoms. The highest BCUT2D eigenvalue weighted by Crippen LogP contribution is 2.33. The van der Waals surface area contributed by atoms with Gasteiger partial charge in [0.25, 0.3) is 0 Å². The van der Waals surface area contributed by atoms with Crippen molar-refractivity contribution in [3.05, 3.63) is 199 Å². The first kappa shape index (κ1) is 30.7. The maximum Gasteiger partial charge on any atom is 0.160 e. The van der Waals surface area contributed by atoms with E-state index in [0.29, 0.717) is 11.5 Å². The van der Waals surface area contributed by atoms with Crippen molar-refractivity contribution in [1.29, 1.82) is 0 Å². The highest BCUT2D eigenvalue weighted by atomic mass is 16.3. The number of nitrogens with zero attached hydrogens (tertiary/aromatic N) is 2. The molecule has 238 valence electrons. The van der Waals surface area contributed by atoms with Crippen LogP contribution in [0.5, 0.6) is 0 Å². The number of benzene rings is 7. The lowest BCUT2D eigenvalue weighted by Gasteiger charge is -2.10. The van der Waals surface area contributed by atoms with E-state index < -0.39 is 0 Å². The maximum absolute atomic E-state index is 6.18. The average molecular weight is 643 g/mol. The van der Waals surface area contributed by atoms with Crippen LogP contribution < -0.4 is 0 Å². The predicted molar refractivity (Wildman–Crippen MR) is 211 cm³/mol. The molecule has 0 aliphatic rings. The molecule has 50 heavy (non-hydrogen) atoms. The van der Waals surface area contributed by atoms with Gasteiger partial charge in [-0.1, -0.05) is 158 Å². The molecule has 0 saturated carbocycles. The molecule has 1 heterocycles. The fourth-order valence-corrected chi connectivity index (χ4v) is 6.33. The Balaban J connectivity index is 1.14. The molecule has 0 unspecified atom stereocenters. The van der Waals surface area contributed by atoms with Gasteiger partial charge in [0, 0.05) is 27.6 Å². The second-order valence-corrected chi connectivity index (χ2v) is 12.4. The Morgan fingerprint density at radius 3 is 1.62 bits per heavy atom. The van der Waals surface area contributed by atoms with Crippen molar-refractivity contribution in [2.24, 2.45) is 9.98 Å². The molecule has 0 radical (unpaired) electrons. The number of aliphatic imine (C=N–C) groups is 2. The number of amidine groups is 1. The molecule has 0 fully saturated rings. The van der Waals surface area contributed by atoms with Crippen LogP contribution in [0.3, 0.4) is 0 Å². The second kappa shape index (κ2) is 13.5. The van der Waals surface area contributed by atoms with Crippen LogP contribution in [0.25, 0.3) is 61.0 Å². The topological polar surface area (TPSA) is 37.9 Å². The molecule has 8 rings (SSSR count). The zero-order valence-corrected chi connectivity index (χ0v) is 27.8. The summed E-state index contributed by atoms with van der Waals surface area (Å²) in [5.41, 5.74) is 12.9. The summed E-state index contributed by atoms with van der Waals surface area (Å²) >= 11 is 0. The van der Waals surface area contributed by atoms with Crippen LogP contribution in [0.4, 0.5) is 0 Å². The Bertz CT molecular complexity index is 2520. The molecule has 0 N–H and O–H groups in total. The van der Waals surface area contributed by atoms with Gasteiger partial charge in [-0.15, -0.1) is 0 Å². The Labute approximate surface area is 292 Å². The van der Waals surface area contributed by atoms with Crippen LogP contribution in [0.15, 0.2) is 197 Å². The number of furan rings is 1. The van der Waals surface area contributed by atoms with E-state index >= 15 is 0 Å². The van der Waals surface area contributed by atoms with Crippen LogP contribution >= 0.6 is 0 Å². The number of hydrogen-bond donors (Lipinski definition) is 0. The van der Waals surface area contributed by atoms with E-state index in [9.17, 15) is 0 Å². The zero-order valence-electron chi connectivity index (χ0n) is 27.8. The summed E-state index contributed by atoms with van der Waals surface area (Å²) in [7, 11) is 0. The highest BCUT2D eigenvalue weighted by Gasteiger charge is 2.11. The lowest BCUT2D eigenvalue weighted by atomic mass is 10.0. The van der Waals surface area contributed by atoms with E-state index in [-0.39, 0.29) is 0 Å². The quantitative estimate of drug-likeness (QED) is 0.126. The fraction of sp³-hybridized carbons (Fsp3) is 0.0213. The van der Waals surface area contributed by atoms with E-state index in [0.717, 1.165) is 66.6 Å². The van der Waals surface area contributed by atoms with Gasteiger partial charge in [0.15, 0.2) is 5.84 Å². The molecule has 3 nitrogen and oxygen atoms in total. The normalized spacial score (nSPS) is 12.0. The summed E-state index contributed by atoms with van der Waals surface area (Å²) < 4.78 is 6.18. The molecule has 0 aliphatic heterocycles. The van der Waals surface area contributed by atoms with Crippen molar-refractivity contribution < 1.29 is 4.42 Å². The number of para-hydroxylation sites is 1. The summed E-state index contributed by atoms with van der Waals surface area (Å²) in [6.07, 6.45) is 0. The lowest BCUT2D eigenvalue weighted by molar-refractivity contribution is 0.669. The third-order valence-corrected chi connectivity index (χ3v) is 9.08. The molecule has 0 aliphatic carbocycles. The first-order valence-electron chi connectivity index (χ1n) is 16.8. The van der Waals surface area contributed by atoms with Gasteiger partial charge in [-0.05, 0) is 70.1 Å². The molecule has 0 atom stereocenters. The summed E-state index contributed by atoms with van der Waals surface area (Å²) in [4.78, 5) is 10.2. The maximum atomic E-state index is 6.18. The highest BCUT2D eigenvalue weighted by molar-refractivity contribution is 6.13. The Morgan fingerprint density at radius 1 is 0.420 bits per heavy atom. The van der Waals surface area contributed by atoms with Gasteiger partial charge in [0.05, 0.1) is 5.70 Å². The fourth-order valence-electron chi connectivity index (χ4n) is 6.33. The van der Waals surface area contributed by atoms with E-state index in [1.165, 1.54) is 11.1 Å². The Kier molecular flexibility index (Phi) is 8.30. The predicted octanol–water partition coefficient (Wildman–Crippen LogP) is 12.5. The number of rotatable bonds is 7. The first-order valence-corrected chi connectivity index (χ1v) is 16.8. The summed E-state index contributed by atoms with van der Waals surface area (Å²) in [5, 5.41) is 2.23. The molecular formula is C47H34N2O. The van der Waals surface area contributed by atoms with E-state index in [1.807, 2.05) is 49.4 Å². The van der Waals surface area contributed by atoms with Crippen molar-refractivity contribution in [3.8, 4) is 33.4 Å². The van der Waals surface area contributed by atoms with Gasteiger partial charge in [-0.2, -0.15) is 0 Å². The summed E-state index contributed by atoms with van der Waals surface area (Å²) in [5.74, 6) is 0.605. The number of fused-ring (bicyclic) bond motifs is 3. The third kappa shape index (κ3) is 6.33. The lowest BCUT2D eigenvalue weighted by Crippen LogP contribution is -2.04. The zero-order chi connectivity index (χ0) is 33.9. The molecule has 1 aromatic heterocycles. The second-order valence-electron chi connectivity index (χ2n) is 12.4. The average Bonchev–Trinajstić information content (AvgIpc) is 3.56. The first-order chi connectivity index (χ1) is 24.6. The van der Waals surface area contributed by atoms with Crippen molar-refractivity contribution in [2.45, 2.75) is 6.92 Å². The number of hydrogen-bond acceptors (Lipinski definition) is 2. The molecular weight excluding hydrogens is 609 g/mol. The van der Waals surface area contributed by atoms with Gasteiger partial charge in [-0.3, -0.25) is 0 Å². The van der Waals surface area contributed by atoms with Gasteiger partial charge in [-0.25, -0.2) is 9.98 Å². The molecule has 0 amide bonds. The van der Waals surface area contributed by atoms with Crippen LogP contribution in [0.2, 0.25) is 0 Å². The van der Waals surface area contributed by atoms with E-state index in [2.05, 4.69) is 140 Å². The minimum atomic E-state index is 0.605. The minimum Gasteiger partial charge on any atom is -0.456 e. The summed E-state index contributed by atoms with van der Waals surface area (Å²) in [6.45, 7) is 6.45. The van der Waals surface area contributed by atoms with Gasteiger partial charge in [0.2, 0.25) is 0 Å². The van der Waals surface area contributed by atoms with E-state index in [1.54, 1.807) is 0 Å². The Hall–Kier alpha value is -6.58. The standard InChI is InChI=1S/C47H34N2O/c1-32(34-20-22-37(23-21-34)35-12-5-3-6-13-35)48-47(39-26-24-38(25-27-39)36-14-7-4-8-15-36)49-33(2)40-16-11-17-41(30-40)42-28-29-44-43-18-9-10-19-45(43)50-46(44)31-42/h3-31H,2H2,1H3. The van der Waals surface area contributed by atoms with Crippen LogP contribution in [0.1, 0.15) is 23.6 Å². The molecule has 3 heteroatoms. The van der Waals surface area contributed by atoms with Crippen molar-refractivity contribution in [2.75, 3.05) is 0 Å².